The van der Waals surface area contributed by atoms with Crippen molar-refractivity contribution in [1.29, 1.82) is 0 Å². The SMILES string of the molecule is COc1ccc(CNC(=O)CNC(c2ccccc2)c2ccc(F)cc2)cc1. The van der Waals surface area contributed by atoms with Crippen molar-refractivity contribution in [3.05, 3.63) is 101 Å². The Morgan fingerprint density at radius 2 is 1.57 bits per heavy atom. The molecular weight excluding hydrogens is 355 g/mol. The molecule has 2 N–H and O–H groups in total. The van der Waals surface area contributed by atoms with E-state index in [1.807, 2.05) is 54.6 Å². The van der Waals surface area contributed by atoms with Crippen LogP contribution >= 0.6 is 0 Å². The lowest BCUT2D eigenvalue weighted by Gasteiger charge is -2.20. The molecule has 144 valence electrons. The third kappa shape index (κ3) is 5.41. The molecule has 1 unspecified atom stereocenters. The van der Waals surface area contributed by atoms with Crippen molar-refractivity contribution in [3.63, 3.8) is 0 Å². The first-order chi connectivity index (χ1) is 13.7. The largest absolute Gasteiger partial charge is 0.497 e. The van der Waals surface area contributed by atoms with Gasteiger partial charge in [0.2, 0.25) is 5.91 Å². The molecule has 4 nitrogen and oxygen atoms in total. The van der Waals surface area contributed by atoms with Crippen molar-refractivity contribution < 1.29 is 13.9 Å². The number of rotatable bonds is 8. The van der Waals surface area contributed by atoms with Gasteiger partial charge in [-0.3, -0.25) is 10.1 Å². The molecule has 0 spiro atoms. The summed E-state index contributed by atoms with van der Waals surface area (Å²) in [5.41, 5.74) is 2.90. The summed E-state index contributed by atoms with van der Waals surface area (Å²) in [5.74, 6) is 0.383. The first-order valence-corrected chi connectivity index (χ1v) is 9.09. The van der Waals surface area contributed by atoms with Crippen molar-refractivity contribution in [2.24, 2.45) is 0 Å². The molecule has 0 aliphatic rings. The van der Waals surface area contributed by atoms with Crippen molar-refractivity contribution in [1.82, 2.24) is 10.6 Å². The summed E-state index contributed by atoms with van der Waals surface area (Å²) >= 11 is 0. The van der Waals surface area contributed by atoms with Gasteiger partial charge >= 0.3 is 0 Å². The van der Waals surface area contributed by atoms with Crippen LogP contribution in [0.2, 0.25) is 0 Å². The summed E-state index contributed by atoms with van der Waals surface area (Å²) in [6.07, 6.45) is 0. The van der Waals surface area contributed by atoms with Gasteiger partial charge in [-0.1, -0.05) is 54.6 Å². The third-order valence-corrected chi connectivity index (χ3v) is 4.45. The molecule has 1 amide bonds. The zero-order valence-corrected chi connectivity index (χ0v) is 15.7. The lowest BCUT2D eigenvalue weighted by Crippen LogP contribution is -2.35. The van der Waals surface area contributed by atoms with Crippen molar-refractivity contribution >= 4 is 5.91 Å². The van der Waals surface area contributed by atoms with E-state index in [-0.39, 0.29) is 24.3 Å². The molecule has 0 aromatic heterocycles. The van der Waals surface area contributed by atoms with Crippen molar-refractivity contribution in [3.8, 4) is 5.75 Å². The number of amides is 1. The Labute approximate surface area is 164 Å². The Morgan fingerprint density at radius 3 is 2.21 bits per heavy atom. The van der Waals surface area contributed by atoms with E-state index in [1.165, 1.54) is 12.1 Å². The van der Waals surface area contributed by atoms with Crippen LogP contribution < -0.4 is 15.4 Å². The molecule has 3 aromatic rings. The number of halogens is 1. The van der Waals surface area contributed by atoms with Gasteiger partial charge < -0.3 is 10.1 Å². The summed E-state index contributed by atoms with van der Waals surface area (Å²) < 4.78 is 18.4. The summed E-state index contributed by atoms with van der Waals surface area (Å²) in [6, 6.07) is 23.5. The zero-order valence-electron chi connectivity index (χ0n) is 15.7. The molecule has 0 heterocycles. The number of methoxy groups -OCH3 is 1. The second-order valence-corrected chi connectivity index (χ2v) is 6.40. The van der Waals surface area contributed by atoms with Gasteiger partial charge in [0.25, 0.3) is 0 Å². The molecule has 0 aliphatic carbocycles. The minimum absolute atomic E-state index is 0.112. The average Bonchev–Trinajstić information content (AvgIpc) is 2.75. The second-order valence-electron chi connectivity index (χ2n) is 6.40. The normalized spacial score (nSPS) is 11.6. The molecule has 3 rings (SSSR count). The lowest BCUT2D eigenvalue weighted by molar-refractivity contribution is -0.120. The van der Waals surface area contributed by atoms with Crippen LogP contribution in [0.3, 0.4) is 0 Å². The van der Waals surface area contributed by atoms with Crippen LogP contribution in [0.4, 0.5) is 4.39 Å². The average molecular weight is 378 g/mol. The van der Waals surface area contributed by atoms with E-state index in [4.69, 9.17) is 4.74 Å². The van der Waals surface area contributed by atoms with Gasteiger partial charge in [0, 0.05) is 6.54 Å². The summed E-state index contributed by atoms with van der Waals surface area (Å²) in [5, 5.41) is 6.17. The maximum Gasteiger partial charge on any atom is 0.234 e. The quantitative estimate of drug-likeness (QED) is 0.626. The fourth-order valence-corrected chi connectivity index (χ4v) is 2.93. The number of nitrogens with one attached hydrogen (secondary N) is 2. The highest BCUT2D eigenvalue weighted by Crippen LogP contribution is 2.22. The number of benzene rings is 3. The van der Waals surface area contributed by atoms with Crippen LogP contribution in [0.5, 0.6) is 5.75 Å². The Balaban J connectivity index is 1.61. The predicted octanol–water partition coefficient (Wildman–Crippen LogP) is 3.83. The molecule has 28 heavy (non-hydrogen) atoms. The number of carbonyl (C=O) groups is 1. The van der Waals surface area contributed by atoms with Gasteiger partial charge in [-0.05, 0) is 41.0 Å². The van der Waals surface area contributed by atoms with E-state index in [0.29, 0.717) is 6.54 Å². The van der Waals surface area contributed by atoms with Crippen LogP contribution in [0.25, 0.3) is 0 Å². The first-order valence-electron chi connectivity index (χ1n) is 9.09. The highest BCUT2D eigenvalue weighted by molar-refractivity contribution is 5.78. The minimum Gasteiger partial charge on any atom is -0.497 e. The standard InChI is InChI=1S/C23H23FN2O2/c1-28-21-13-7-17(8-14-21)15-25-22(27)16-26-23(18-5-3-2-4-6-18)19-9-11-20(24)12-10-19/h2-14,23,26H,15-16H2,1H3,(H,25,27). The number of carbonyl (C=O) groups excluding carboxylic acids is 1. The Bertz CT molecular complexity index is 881. The van der Waals surface area contributed by atoms with Crippen LogP contribution in [0, 0.1) is 5.82 Å². The Kier molecular flexibility index (Phi) is 6.76. The van der Waals surface area contributed by atoms with Crippen LogP contribution in [0.1, 0.15) is 22.7 Å². The first kappa shape index (κ1) is 19.6. The van der Waals surface area contributed by atoms with Crippen LogP contribution in [-0.4, -0.2) is 19.6 Å². The van der Waals surface area contributed by atoms with Gasteiger partial charge in [0.1, 0.15) is 11.6 Å². The van der Waals surface area contributed by atoms with E-state index in [0.717, 1.165) is 22.4 Å². The maximum absolute atomic E-state index is 13.3. The molecule has 0 bridgehead atoms. The topological polar surface area (TPSA) is 50.4 Å². The molecule has 0 saturated heterocycles. The lowest BCUT2D eigenvalue weighted by atomic mass is 9.98. The molecule has 0 saturated carbocycles. The molecule has 3 aromatic carbocycles. The Morgan fingerprint density at radius 1 is 0.929 bits per heavy atom. The molecule has 1 atom stereocenters. The fraction of sp³-hybridized carbons (Fsp3) is 0.174. The van der Waals surface area contributed by atoms with Gasteiger partial charge in [-0.15, -0.1) is 0 Å². The van der Waals surface area contributed by atoms with E-state index in [2.05, 4.69) is 10.6 Å². The van der Waals surface area contributed by atoms with E-state index >= 15 is 0 Å². The van der Waals surface area contributed by atoms with Gasteiger partial charge in [0.05, 0.1) is 19.7 Å². The molecule has 0 radical (unpaired) electrons. The predicted molar refractivity (Wildman–Crippen MR) is 108 cm³/mol. The monoisotopic (exact) mass is 378 g/mol. The smallest absolute Gasteiger partial charge is 0.234 e. The maximum atomic E-state index is 13.3. The third-order valence-electron chi connectivity index (χ3n) is 4.45. The second kappa shape index (κ2) is 9.67. The van der Waals surface area contributed by atoms with E-state index in [1.54, 1.807) is 19.2 Å². The number of hydrogen-bond donors (Lipinski definition) is 2. The van der Waals surface area contributed by atoms with Gasteiger partial charge in [0.15, 0.2) is 0 Å². The minimum atomic E-state index is -0.284. The van der Waals surface area contributed by atoms with Crippen LogP contribution in [0.15, 0.2) is 78.9 Å². The van der Waals surface area contributed by atoms with Gasteiger partial charge in [-0.2, -0.15) is 0 Å². The van der Waals surface area contributed by atoms with E-state index in [9.17, 15) is 9.18 Å². The zero-order chi connectivity index (χ0) is 19.8. The molecule has 0 aliphatic heterocycles. The Hall–Kier alpha value is -3.18. The molecular formula is C23H23FN2O2. The number of ether oxygens (including phenoxy) is 1. The molecule has 0 fully saturated rings. The van der Waals surface area contributed by atoms with E-state index < -0.39 is 0 Å². The highest BCUT2D eigenvalue weighted by atomic mass is 19.1. The highest BCUT2D eigenvalue weighted by Gasteiger charge is 2.15. The van der Waals surface area contributed by atoms with Crippen molar-refractivity contribution in [2.75, 3.05) is 13.7 Å². The summed E-state index contributed by atoms with van der Waals surface area (Å²) in [7, 11) is 1.62. The summed E-state index contributed by atoms with van der Waals surface area (Å²) in [6.45, 7) is 0.587. The summed E-state index contributed by atoms with van der Waals surface area (Å²) in [4.78, 5) is 12.3. The molecule has 5 heteroatoms. The number of hydrogen-bond acceptors (Lipinski definition) is 3. The van der Waals surface area contributed by atoms with Crippen molar-refractivity contribution in [2.45, 2.75) is 12.6 Å². The van der Waals surface area contributed by atoms with Crippen LogP contribution in [-0.2, 0) is 11.3 Å². The fourth-order valence-electron chi connectivity index (χ4n) is 2.93. The van der Waals surface area contributed by atoms with Gasteiger partial charge in [-0.25, -0.2) is 4.39 Å².